The van der Waals surface area contributed by atoms with Crippen molar-refractivity contribution < 1.29 is 9.90 Å². The van der Waals surface area contributed by atoms with Crippen LogP contribution in [0.2, 0.25) is 0 Å². The molecule has 0 bridgehead atoms. The first kappa shape index (κ1) is 10.5. The van der Waals surface area contributed by atoms with Crippen molar-refractivity contribution >= 4 is 5.97 Å². The first-order valence-corrected chi connectivity index (χ1v) is 5.09. The number of carbonyl (C=O) groups is 1. The van der Waals surface area contributed by atoms with Crippen molar-refractivity contribution in [2.75, 3.05) is 13.6 Å². The van der Waals surface area contributed by atoms with Crippen LogP contribution in [0.5, 0.6) is 0 Å². The van der Waals surface area contributed by atoms with Gasteiger partial charge in [0.05, 0.1) is 5.41 Å². The highest BCUT2D eigenvalue weighted by Crippen LogP contribution is 2.39. The van der Waals surface area contributed by atoms with Crippen LogP contribution in [0, 0.1) is 5.41 Å². The van der Waals surface area contributed by atoms with E-state index in [-0.39, 0.29) is 0 Å². The minimum Gasteiger partial charge on any atom is -0.481 e. The zero-order valence-corrected chi connectivity index (χ0v) is 8.31. The molecule has 0 aromatic rings. The molecule has 0 heterocycles. The van der Waals surface area contributed by atoms with Crippen LogP contribution < -0.4 is 5.32 Å². The molecular formula is C10H19NO2. The minimum atomic E-state index is -0.595. The van der Waals surface area contributed by atoms with E-state index in [1.165, 1.54) is 6.42 Å². The molecule has 2 N–H and O–H groups in total. The maximum absolute atomic E-state index is 11.2. The third-order valence-electron chi connectivity index (χ3n) is 3.12. The molecule has 1 aliphatic carbocycles. The molecule has 0 radical (unpaired) electrons. The van der Waals surface area contributed by atoms with Crippen molar-refractivity contribution in [2.24, 2.45) is 5.41 Å². The number of nitrogens with one attached hydrogen (secondary N) is 1. The second kappa shape index (κ2) is 4.61. The molecule has 76 valence electrons. The van der Waals surface area contributed by atoms with E-state index in [4.69, 9.17) is 0 Å². The zero-order chi connectivity index (χ0) is 9.73. The smallest absolute Gasteiger partial charge is 0.309 e. The van der Waals surface area contributed by atoms with Crippen molar-refractivity contribution in [3.05, 3.63) is 0 Å². The monoisotopic (exact) mass is 185 g/mol. The number of rotatable bonds is 4. The van der Waals surface area contributed by atoms with Gasteiger partial charge in [-0.25, -0.2) is 0 Å². The van der Waals surface area contributed by atoms with Crippen molar-refractivity contribution in [3.63, 3.8) is 0 Å². The lowest BCUT2D eigenvalue weighted by Gasteiger charge is -2.33. The summed E-state index contributed by atoms with van der Waals surface area (Å²) < 4.78 is 0. The van der Waals surface area contributed by atoms with Gasteiger partial charge in [0.25, 0.3) is 0 Å². The van der Waals surface area contributed by atoms with Crippen molar-refractivity contribution in [3.8, 4) is 0 Å². The summed E-state index contributed by atoms with van der Waals surface area (Å²) >= 11 is 0. The summed E-state index contributed by atoms with van der Waals surface area (Å²) in [5, 5.41) is 12.2. The first-order chi connectivity index (χ1) is 6.21. The highest BCUT2D eigenvalue weighted by Gasteiger charge is 2.38. The van der Waals surface area contributed by atoms with Gasteiger partial charge in [-0.1, -0.05) is 19.3 Å². The van der Waals surface area contributed by atoms with Crippen LogP contribution in [0.4, 0.5) is 0 Å². The Balaban J connectivity index is 2.56. The van der Waals surface area contributed by atoms with Crippen molar-refractivity contribution in [1.82, 2.24) is 5.32 Å². The molecule has 0 unspecified atom stereocenters. The second-order valence-corrected chi connectivity index (χ2v) is 4.00. The van der Waals surface area contributed by atoms with Crippen LogP contribution >= 0.6 is 0 Å². The van der Waals surface area contributed by atoms with Gasteiger partial charge in [-0.15, -0.1) is 0 Å². The highest BCUT2D eigenvalue weighted by atomic mass is 16.4. The summed E-state index contributed by atoms with van der Waals surface area (Å²) in [6.45, 7) is 0.812. The van der Waals surface area contributed by atoms with Gasteiger partial charge in [0, 0.05) is 0 Å². The standard InChI is InChI=1S/C10H19NO2/c1-11-8-7-10(9(12)13)5-3-2-4-6-10/h11H,2-8H2,1H3,(H,12,13). The van der Waals surface area contributed by atoms with Crippen LogP contribution in [0.15, 0.2) is 0 Å². The van der Waals surface area contributed by atoms with Crippen LogP contribution in [0.25, 0.3) is 0 Å². The van der Waals surface area contributed by atoms with Crippen LogP contribution in [-0.2, 0) is 4.79 Å². The second-order valence-electron chi connectivity index (χ2n) is 4.00. The predicted molar refractivity (Wildman–Crippen MR) is 51.7 cm³/mol. The average molecular weight is 185 g/mol. The maximum Gasteiger partial charge on any atom is 0.309 e. The van der Waals surface area contributed by atoms with Gasteiger partial charge in [0.2, 0.25) is 0 Å². The van der Waals surface area contributed by atoms with Gasteiger partial charge in [0.15, 0.2) is 0 Å². The molecule has 0 aromatic heterocycles. The summed E-state index contributed by atoms with van der Waals surface area (Å²) in [5.74, 6) is -0.595. The van der Waals surface area contributed by atoms with Crippen LogP contribution in [0.1, 0.15) is 38.5 Å². The molecule has 0 saturated heterocycles. The van der Waals surface area contributed by atoms with Gasteiger partial charge >= 0.3 is 5.97 Å². The molecular weight excluding hydrogens is 166 g/mol. The number of carboxylic acid groups (broad SMARTS) is 1. The summed E-state index contributed by atoms with van der Waals surface area (Å²) in [6.07, 6.45) is 5.87. The Bertz CT molecular complexity index is 174. The third kappa shape index (κ3) is 2.44. The molecule has 1 saturated carbocycles. The fraction of sp³-hybridized carbons (Fsp3) is 0.900. The molecule has 3 heteroatoms. The minimum absolute atomic E-state index is 0.415. The molecule has 13 heavy (non-hydrogen) atoms. The average Bonchev–Trinajstić information content (AvgIpc) is 2.16. The molecule has 0 aliphatic heterocycles. The molecule has 1 aliphatic rings. The Morgan fingerprint density at radius 1 is 1.38 bits per heavy atom. The lowest BCUT2D eigenvalue weighted by atomic mass is 9.72. The van der Waals surface area contributed by atoms with E-state index in [9.17, 15) is 9.90 Å². The fourth-order valence-corrected chi connectivity index (χ4v) is 2.16. The number of hydrogen-bond donors (Lipinski definition) is 2. The van der Waals surface area contributed by atoms with Gasteiger partial charge < -0.3 is 10.4 Å². The van der Waals surface area contributed by atoms with Gasteiger partial charge in [0.1, 0.15) is 0 Å². The predicted octanol–water partition coefficient (Wildman–Crippen LogP) is 1.63. The van der Waals surface area contributed by atoms with E-state index in [1.807, 2.05) is 7.05 Å². The van der Waals surface area contributed by atoms with Gasteiger partial charge in [-0.05, 0) is 32.9 Å². The van der Waals surface area contributed by atoms with Crippen LogP contribution in [-0.4, -0.2) is 24.7 Å². The Labute approximate surface area is 79.5 Å². The van der Waals surface area contributed by atoms with E-state index >= 15 is 0 Å². The van der Waals surface area contributed by atoms with E-state index in [0.29, 0.717) is 0 Å². The Morgan fingerprint density at radius 3 is 2.46 bits per heavy atom. The normalized spacial score (nSPS) is 21.3. The quantitative estimate of drug-likeness (QED) is 0.700. The first-order valence-electron chi connectivity index (χ1n) is 5.09. The van der Waals surface area contributed by atoms with Crippen molar-refractivity contribution in [2.45, 2.75) is 38.5 Å². The lowest BCUT2D eigenvalue weighted by Crippen LogP contribution is -2.35. The Morgan fingerprint density at radius 2 is 2.00 bits per heavy atom. The Kier molecular flexibility index (Phi) is 3.72. The molecule has 0 spiro atoms. The molecule has 1 fully saturated rings. The molecule has 0 aromatic carbocycles. The van der Waals surface area contributed by atoms with E-state index in [0.717, 1.165) is 38.6 Å². The summed E-state index contributed by atoms with van der Waals surface area (Å²) in [5.41, 5.74) is -0.415. The summed E-state index contributed by atoms with van der Waals surface area (Å²) in [6, 6.07) is 0. The van der Waals surface area contributed by atoms with E-state index < -0.39 is 11.4 Å². The fourth-order valence-electron chi connectivity index (χ4n) is 2.16. The summed E-state index contributed by atoms with van der Waals surface area (Å²) in [4.78, 5) is 11.2. The molecule has 1 rings (SSSR count). The van der Waals surface area contributed by atoms with E-state index in [1.54, 1.807) is 0 Å². The number of aliphatic carboxylic acids is 1. The van der Waals surface area contributed by atoms with Crippen LogP contribution in [0.3, 0.4) is 0 Å². The molecule has 0 atom stereocenters. The Hall–Kier alpha value is -0.570. The number of carboxylic acids is 1. The van der Waals surface area contributed by atoms with Gasteiger partial charge in [-0.2, -0.15) is 0 Å². The zero-order valence-electron chi connectivity index (χ0n) is 8.31. The van der Waals surface area contributed by atoms with E-state index in [2.05, 4.69) is 5.32 Å². The third-order valence-corrected chi connectivity index (χ3v) is 3.12. The lowest BCUT2D eigenvalue weighted by molar-refractivity contribution is -0.151. The largest absolute Gasteiger partial charge is 0.481 e. The SMILES string of the molecule is CNCCC1(C(=O)O)CCCCC1. The molecule has 3 nitrogen and oxygen atoms in total. The van der Waals surface area contributed by atoms with Crippen molar-refractivity contribution in [1.29, 1.82) is 0 Å². The highest BCUT2D eigenvalue weighted by molar-refractivity contribution is 5.74. The summed E-state index contributed by atoms with van der Waals surface area (Å²) in [7, 11) is 1.87. The number of hydrogen-bond acceptors (Lipinski definition) is 2. The van der Waals surface area contributed by atoms with Gasteiger partial charge in [-0.3, -0.25) is 4.79 Å². The molecule has 0 amide bonds. The maximum atomic E-state index is 11.2. The topological polar surface area (TPSA) is 49.3 Å².